The number of hydrogen-bond donors (Lipinski definition) is 1. The standard InChI is InChI=1S/C10H14IN3/c1-2-12-10-8(11)6-13-9(14-10)7-4-3-5-7/h6-7H,2-5H2,1H3,(H,12,13,14). The lowest BCUT2D eigenvalue weighted by Crippen LogP contribution is -2.14. The summed E-state index contributed by atoms with van der Waals surface area (Å²) in [5.74, 6) is 2.63. The maximum Gasteiger partial charge on any atom is 0.143 e. The Morgan fingerprint density at radius 3 is 2.93 bits per heavy atom. The molecule has 0 atom stereocenters. The zero-order valence-electron chi connectivity index (χ0n) is 8.26. The Hall–Kier alpha value is -0.390. The molecule has 0 amide bonds. The van der Waals surface area contributed by atoms with Crippen molar-refractivity contribution >= 4 is 28.4 Å². The van der Waals surface area contributed by atoms with Crippen molar-refractivity contribution in [2.24, 2.45) is 0 Å². The summed E-state index contributed by atoms with van der Waals surface area (Å²) < 4.78 is 1.10. The van der Waals surface area contributed by atoms with Crippen molar-refractivity contribution in [1.29, 1.82) is 0 Å². The summed E-state index contributed by atoms with van der Waals surface area (Å²) >= 11 is 2.27. The Balaban J connectivity index is 2.21. The molecule has 1 aromatic heterocycles. The van der Waals surface area contributed by atoms with E-state index in [0.717, 1.165) is 21.8 Å². The second kappa shape index (κ2) is 4.42. The summed E-state index contributed by atoms with van der Waals surface area (Å²) in [7, 11) is 0. The topological polar surface area (TPSA) is 37.8 Å². The molecule has 1 aliphatic carbocycles. The average molecular weight is 303 g/mol. The van der Waals surface area contributed by atoms with Crippen molar-refractivity contribution < 1.29 is 0 Å². The van der Waals surface area contributed by atoms with E-state index in [2.05, 4.69) is 44.8 Å². The van der Waals surface area contributed by atoms with E-state index in [1.807, 2.05) is 6.20 Å². The average Bonchev–Trinajstić information content (AvgIpc) is 2.08. The van der Waals surface area contributed by atoms with Crippen molar-refractivity contribution in [2.45, 2.75) is 32.1 Å². The Morgan fingerprint density at radius 1 is 1.57 bits per heavy atom. The molecule has 3 nitrogen and oxygen atoms in total. The van der Waals surface area contributed by atoms with Crippen LogP contribution in [0.5, 0.6) is 0 Å². The highest BCUT2D eigenvalue weighted by molar-refractivity contribution is 14.1. The van der Waals surface area contributed by atoms with E-state index in [-0.39, 0.29) is 0 Å². The highest BCUT2D eigenvalue weighted by Crippen LogP contribution is 2.34. The first-order chi connectivity index (χ1) is 6.81. The molecule has 0 spiro atoms. The van der Waals surface area contributed by atoms with Crippen LogP contribution in [0.25, 0.3) is 0 Å². The molecule has 14 heavy (non-hydrogen) atoms. The van der Waals surface area contributed by atoms with Gasteiger partial charge < -0.3 is 5.32 Å². The number of nitrogens with zero attached hydrogens (tertiary/aromatic N) is 2. The predicted octanol–water partition coefficient (Wildman–Crippen LogP) is 2.78. The van der Waals surface area contributed by atoms with Gasteiger partial charge in [0.05, 0.1) is 3.57 Å². The minimum atomic E-state index is 0.615. The summed E-state index contributed by atoms with van der Waals surface area (Å²) in [4.78, 5) is 8.94. The van der Waals surface area contributed by atoms with Gasteiger partial charge in [-0.15, -0.1) is 0 Å². The van der Waals surface area contributed by atoms with E-state index in [9.17, 15) is 0 Å². The molecule has 1 aromatic rings. The molecule has 0 unspecified atom stereocenters. The van der Waals surface area contributed by atoms with E-state index >= 15 is 0 Å². The molecule has 4 heteroatoms. The number of nitrogens with one attached hydrogen (secondary N) is 1. The Kier molecular flexibility index (Phi) is 3.20. The van der Waals surface area contributed by atoms with Crippen LogP contribution in [-0.2, 0) is 0 Å². The van der Waals surface area contributed by atoms with Crippen molar-refractivity contribution in [3.05, 3.63) is 15.6 Å². The SMILES string of the molecule is CCNc1nc(C2CCC2)ncc1I. The molecule has 1 fully saturated rings. The lowest BCUT2D eigenvalue weighted by atomic mass is 9.85. The summed E-state index contributed by atoms with van der Waals surface area (Å²) in [6.07, 6.45) is 5.76. The number of anilines is 1. The van der Waals surface area contributed by atoms with Crippen molar-refractivity contribution in [3.8, 4) is 0 Å². The lowest BCUT2D eigenvalue weighted by molar-refractivity contribution is 0.401. The third-order valence-electron chi connectivity index (χ3n) is 2.58. The zero-order valence-corrected chi connectivity index (χ0v) is 10.4. The second-order valence-corrected chi connectivity index (χ2v) is 4.75. The molecular formula is C10H14IN3. The predicted molar refractivity (Wildman–Crippen MR) is 65.5 cm³/mol. The minimum Gasteiger partial charge on any atom is -0.369 e. The molecular weight excluding hydrogens is 289 g/mol. The van der Waals surface area contributed by atoms with Crippen LogP contribution in [0.1, 0.15) is 37.9 Å². The zero-order chi connectivity index (χ0) is 9.97. The van der Waals surface area contributed by atoms with E-state index in [0.29, 0.717) is 5.92 Å². The van der Waals surface area contributed by atoms with Gasteiger partial charge in [-0.3, -0.25) is 0 Å². The summed E-state index contributed by atoms with van der Waals surface area (Å²) in [6.45, 7) is 3.00. The van der Waals surface area contributed by atoms with Crippen LogP contribution in [0.2, 0.25) is 0 Å². The van der Waals surface area contributed by atoms with Gasteiger partial charge in [-0.2, -0.15) is 0 Å². The molecule has 1 saturated carbocycles. The van der Waals surface area contributed by atoms with Crippen LogP contribution in [0.3, 0.4) is 0 Å². The molecule has 2 rings (SSSR count). The normalized spacial score (nSPS) is 16.4. The van der Waals surface area contributed by atoms with Gasteiger partial charge in [-0.25, -0.2) is 9.97 Å². The van der Waals surface area contributed by atoms with Crippen LogP contribution < -0.4 is 5.32 Å². The van der Waals surface area contributed by atoms with Crippen LogP contribution in [0.4, 0.5) is 5.82 Å². The maximum absolute atomic E-state index is 4.55. The van der Waals surface area contributed by atoms with E-state index in [1.165, 1.54) is 19.3 Å². The number of rotatable bonds is 3. The molecule has 1 aliphatic rings. The number of aromatic nitrogens is 2. The van der Waals surface area contributed by atoms with Gasteiger partial charge >= 0.3 is 0 Å². The fourth-order valence-electron chi connectivity index (χ4n) is 1.54. The van der Waals surface area contributed by atoms with Crippen molar-refractivity contribution in [1.82, 2.24) is 9.97 Å². The molecule has 1 heterocycles. The van der Waals surface area contributed by atoms with Gasteiger partial charge in [0.15, 0.2) is 0 Å². The van der Waals surface area contributed by atoms with E-state index in [1.54, 1.807) is 0 Å². The van der Waals surface area contributed by atoms with E-state index < -0.39 is 0 Å². The van der Waals surface area contributed by atoms with Crippen molar-refractivity contribution in [2.75, 3.05) is 11.9 Å². The Labute approximate surface area is 97.9 Å². The van der Waals surface area contributed by atoms with Crippen LogP contribution in [-0.4, -0.2) is 16.5 Å². The van der Waals surface area contributed by atoms with Crippen LogP contribution >= 0.6 is 22.6 Å². The maximum atomic E-state index is 4.55. The smallest absolute Gasteiger partial charge is 0.143 e. The molecule has 76 valence electrons. The van der Waals surface area contributed by atoms with Gasteiger partial charge in [0.2, 0.25) is 0 Å². The van der Waals surface area contributed by atoms with Gasteiger partial charge in [0.1, 0.15) is 11.6 Å². The van der Waals surface area contributed by atoms with Gasteiger partial charge in [-0.05, 0) is 42.4 Å². The highest BCUT2D eigenvalue weighted by atomic mass is 127. The summed E-state index contributed by atoms with van der Waals surface area (Å²) in [5.41, 5.74) is 0. The third kappa shape index (κ3) is 1.99. The van der Waals surface area contributed by atoms with E-state index in [4.69, 9.17) is 0 Å². The van der Waals surface area contributed by atoms with Gasteiger partial charge in [0, 0.05) is 18.7 Å². The fraction of sp³-hybridized carbons (Fsp3) is 0.600. The first-order valence-corrected chi connectivity index (χ1v) is 6.15. The first kappa shape index (κ1) is 10.1. The third-order valence-corrected chi connectivity index (χ3v) is 3.37. The molecule has 0 aliphatic heterocycles. The summed E-state index contributed by atoms with van der Waals surface area (Å²) in [6, 6.07) is 0. The van der Waals surface area contributed by atoms with Crippen molar-refractivity contribution in [3.63, 3.8) is 0 Å². The number of hydrogen-bond acceptors (Lipinski definition) is 3. The lowest BCUT2D eigenvalue weighted by Gasteiger charge is -2.24. The quantitative estimate of drug-likeness (QED) is 0.873. The monoisotopic (exact) mass is 303 g/mol. The summed E-state index contributed by atoms with van der Waals surface area (Å²) in [5, 5.41) is 3.26. The number of halogens is 1. The largest absolute Gasteiger partial charge is 0.369 e. The fourth-order valence-corrected chi connectivity index (χ4v) is 1.99. The van der Waals surface area contributed by atoms with Gasteiger partial charge in [0.25, 0.3) is 0 Å². The Morgan fingerprint density at radius 2 is 2.36 bits per heavy atom. The second-order valence-electron chi connectivity index (χ2n) is 3.58. The molecule has 0 saturated heterocycles. The van der Waals surface area contributed by atoms with Gasteiger partial charge in [-0.1, -0.05) is 6.42 Å². The van der Waals surface area contributed by atoms with Crippen LogP contribution in [0, 0.1) is 3.57 Å². The Bertz CT molecular complexity index is 323. The molecule has 0 radical (unpaired) electrons. The molecule has 0 bridgehead atoms. The molecule has 1 N–H and O–H groups in total. The highest BCUT2D eigenvalue weighted by Gasteiger charge is 2.22. The minimum absolute atomic E-state index is 0.615. The first-order valence-electron chi connectivity index (χ1n) is 5.07. The molecule has 0 aromatic carbocycles. The van der Waals surface area contributed by atoms with Crippen LogP contribution in [0.15, 0.2) is 6.20 Å².